The van der Waals surface area contributed by atoms with Crippen LogP contribution in [-0.2, 0) is 6.54 Å². The van der Waals surface area contributed by atoms with Crippen molar-refractivity contribution in [2.45, 2.75) is 85.6 Å². The monoisotopic (exact) mass is 337 g/mol. The van der Waals surface area contributed by atoms with Gasteiger partial charge in [0.05, 0.1) is 0 Å². The minimum absolute atomic E-state index is 0.874. The summed E-state index contributed by atoms with van der Waals surface area (Å²) in [5, 5.41) is 2.22. The Bertz CT molecular complexity index is 342. The van der Waals surface area contributed by atoms with E-state index in [1.807, 2.05) is 11.3 Å². The number of nitrogens with zero attached hydrogens (tertiary/aromatic N) is 1. The van der Waals surface area contributed by atoms with E-state index >= 15 is 0 Å². The fraction of sp³-hybridized carbons (Fsp3) is 0.810. The molecule has 0 aromatic carbocycles. The molecular formula is C21H39NS. The first kappa shape index (κ1) is 20.7. The zero-order valence-corrected chi connectivity index (χ0v) is 16.8. The van der Waals surface area contributed by atoms with Gasteiger partial charge in [0, 0.05) is 24.5 Å². The highest BCUT2D eigenvalue weighted by molar-refractivity contribution is 7.09. The highest BCUT2D eigenvalue weighted by Crippen LogP contribution is 2.21. The van der Waals surface area contributed by atoms with Crippen molar-refractivity contribution in [2.24, 2.45) is 11.8 Å². The summed E-state index contributed by atoms with van der Waals surface area (Å²) in [6.45, 7) is 13.1. The fourth-order valence-electron chi connectivity index (χ4n) is 3.39. The minimum atomic E-state index is 0.874. The zero-order chi connectivity index (χ0) is 16.9. The summed E-state index contributed by atoms with van der Waals surface area (Å²) < 4.78 is 0. The second kappa shape index (κ2) is 13.0. The third-order valence-electron chi connectivity index (χ3n) is 5.08. The SMILES string of the molecule is CCCCC(CC)CN(Cc1cccs1)CC(CC)CCCC. The van der Waals surface area contributed by atoms with Crippen LogP contribution >= 0.6 is 11.3 Å². The summed E-state index contributed by atoms with van der Waals surface area (Å²) in [6, 6.07) is 4.50. The molecule has 1 aromatic rings. The van der Waals surface area contributed by atoms with Gasteiger partial charge in [-0.15, -0.1) is 11.3 Å². The van der Waals surface area contributed by atoms with Crippen molar-refractivity contribution in [3.05, 3.63) is 22.4 Å². The highest BCUT2D eigenvalue weighted by atomic mass is 32.1. The van der Waals surface area contributed by atoms with E-state index in [0.717, 1.165) is 18.4 Å². The molecule has 0 aliphatic heterocycles. The molecule has 0 saturated carbocycles. The Balaban J connectivity index is 2.62. The van der Waals surface area contributed by atoms with Crippen LogP contribution in [0, 0.1) is 11.8 Å². The lowest BCUT2D eigenvalue weighted by Crippen LogP contribution is -2.33. The Hall–Kier alpha value is -0.340. The molecule has 2 atom stereocenters. The van der Waals surface area contributed by atoms with Gasteiger partial charge in [-0.25, -0.2) is 0 Å². The maximum absolute atomic E-state index is 2.76. The average molecular weight is 338 g/mol. The molecule has 0 fully saturated rings. The molecule has 23 heavy (non-hydrogen) atoms. The predicted molar refractivity (Wildman–Crippen MR) is 106 cm³/mol. The highest BCUT2D eigenvalue weighted by Gasteiger charge is 2.17. The van der Waals surface area contributed by atoms with Gasteiger partial charge in [-0.3, -0.25) is 4.90 Å². The number of unbranched alkanes of at least 4 members (excludes halogenated alkanes) is 2. The van der Waals surface area contributed by atoms with Crippen LogP contribution in [0.4, 0.5) is 0 Å². The number of hydrogen-bond acceptors (Lipinski definition) is 2. The Labute approximate surface area is 149 Å². The molecular weight excluding hydrogens is 298 g/mol. The number of hydrogen-bond donors (Lipinski definition) is 0. The van der Waals surface area contributed by atoms with Crippen LogP contribution in [0.5, 0.6) is 0 Å². The molecule has 2 heteroatoms. The Morgan fingerprint density at radius 3 is 1.87 bits per heavy atom. The summed E-state index contributed by atoms with van der Waals surface area (Å²) in [5.74, 6) is 1.75. The van der Waals surface area contributed by atoms with Crippen molar-refractivity contribution in [2.75, 3.05) is 13.1 Å². The normalized spacial score (nSPS) is 14.3. The van der Waals surface area contributed by atoms with Crippen LogP contribution < -0.4 is 0 Å². The molecule has 1 heterocycles. The molecule has 1 nitrogen and oxygen atoms in total. The van der Waals surface area contributed by atoms with Gasteiger partial charge in [0.15, 0.2) is 0 Å². The third-order valence-corrected chi connectivity index (χ3v) is 5.94. The molecule has 1 rings (SSSR count). The summed E-state index contributed by atoms with van der Waals surface area (Å²) in [7, 11) is 0. The molecule has 0 aliphatic carbocycles. The van der Waals surface area contributed by atoms with Crippen LogP contribution in [0.3, 0.4) is 0 Å². The molecule has 0 bridgehead atoms. The maximum atomic E-state index is 2.76. The second-order valence-corrected chi connectivity index (χ2v) is 8.14. The van der Waals surface area contributed by atoms with Crippen LogP contribution in [0.25, 0.3) is 0 Å². The van der Waals surface area contributed by atoms with Gasteiger partial charge in [-0.05, 0) is 36.1 Å². The molecule has 0 N–H and O–H groups in total. The lowest BCUT2D eigenvalue weighted by atomic mass is 9.95. The van der Waals surface area contributed by atoms with E-state index in [0.29, 0.717) is 0 Å². The van der Waals surface area contributed by atoms with Crippen LogP contribution in [0.2, 0.25) is 0 Å². The van der Waals surface area contributed by atoms with E-state index in [4.69, 9.17) is 0 Å². The van der Waals surface area contributed by atoms with E-state index in [9.17, 15) is 0 Å². The van der Waals surface area contributed by atoms with Crippen LogP contribution in [-0.4, -0.2) is 18.0 Å². The fourth-order valence-corrected chi connectivity index (χ4v) is 4.14. The number of thiophene rings is 1. The Kier molecular flexibility index (Phi) is 11.7. The van der Waals surface area contributed by atoms with Crippen molar-refractivity contribution < 1.29 is 0 Å². The van der Waals surface area contributed by atoms with Crippen molar-refractivity contribution >= 4 is 11.3 Å². The van der Waals surface area contributed by atoms with Gasteiger partial charge in [0.25, 0.3) is 0 Å². The van der Waals surface area contributed by atoms with Gasteiger partial charge in [0.1, 0.15) is 0 Å². The molecule has 0 radical (unpaired) electrons. The average Bonchev–Trinajstić information content (AvgIpc) is 3.07. The molecule has 2 unspecified atom stereocenters. The lowest BCUT2D eigenvalue weighted by Gasteiger charge is -2.30. The first-order valence-electron chi connectivity index (χ1n) is 9.98. The zero-order valence-electron chi connectivity index (χ0n) is 16.0. The molecule has 0 spiro atoms. The summed E-state index contributed by atoms with van der Waals surface area (Å²) in [6.07, 6.45) is 10.9. The van der Waals surface area contributed by atoms with Gasteiger partial charge >= 0.3 is 0 Å². The maximum Gasteiger partial charge on any atom is 0.0328 e. The summed E-state index contributed by atoms with van der Waals surface area (Å²) in [5.41, 5.74) is 0. The summed E-state index contributed by atoms with van der Waals surface area (Å²) >= 11 is 1.91. The smallest absolute Gasteiger partial charge is 0.0328 e. The molecule has 0 aliphatic rings. The topological polar surface area (TPSA) is 3.24 Å². The molecule has 1 aromatic heterocycles. The van der Waals surface area contributed by atoms with Gasteiger partial charge in [-0.1, -0.05) is 72.3 Å². The second-order valence-electron chi connectivity index (χ2n) is 7.11. The van der Waals surface area contributed by atoms with E-state index < -0.39 is 0 Å². The van der Waals surface area contributed by atoms with Crippen LogP contribution in [0.15, 0.2) is 17.5 Å². The quantitative estimate of drug-likeness (QED) is 0.354. The minimum Gasteiger partial charge on any atom is -0.298 e. The van der Waals surface area contributed by atoms with Gasteiger partial charge in [-0.2, -0.15) is 0 Å². The van der Waals surface area contributed by atoms with Gasteiger partial charge in [0.2, 0.25) is 0 Å². The summed E-state index contributed by atoms with van der Waals surface area (Å²) in [4.78, 5) is 4.29. The van der Waals surface area contributed by atoms with E-state index in [1.54, 1.807) is 0 Å². The molecule has 0 amide bonds. The van der Waals surface area contributed by atoms with Crippen molar-refractivity contribution in [3.63, 3.8) is 0 Å². The molecule has 134 valence electrons. The number of rotatable bonds is 14. The van der Waals surface area contributed by atoms with E-state index in [-0.39, 0.29) is 0 Å². The standard InChI is InChI=1S/C21H39NS/c1-5-9-12-19(7-3)16-22(18-21-14-11-15-23-21)17-20(8-4)13-10-6-2/h11,14-15,19-20H,5-10,12-13,16-18H2,1-4H3. The Morgan fingerprint density at radius 1 is 0.913 bits per heavy atom. The first-order chi connectivity index (χ1) is 11.2. The van der Waals surface area contributed by atoms with Crippen LogP contribution in [0.1, 0.15) is 83.9 Å². The predicted octanol–water partition coefficient (Wildman–Crippen LogP) is 6.98. The van der Waals surface area contributed by atoms with Crippen molar-refractivity contribution in [1.82, 2.24) is 4.90 Å². The van der Waals surface area contributed by atoms with Crippen molar-refractivity contribution in [3.8, 4) is 0 Å². The lowest BCUT2D eigenvalue weighted by molar-refractivity contribution is 0.175. The Morgan fingerprint density at radius 2 is 1.48 bits per heavy atom. The first-order valence-corrected chi connectivity index (χ1v) is 10.9. The van der Waals surface area contributed by atoms with Gasteiger partial charge < -0.3 is 0 Å². The largest absolute Gasteiger partial charge is 0.298 e. The van der Waals surface area contributed by atoms with E-state index in [2.05, 4.69) is 50.1 Å². The van der Waals surface area contributed by atoms with E-state index in [1.165, 1.54) is 69.3 Å². The molecule has 0 saturated heterocycles. The van der Waals surface area contributed by atoms with Crippen molar-refractivity contribution in [1.29, 1.82) is 0 Å². The third kappa shape index (κ3) is 8.91.